The normalized spacial score (nSPS) is 24.3. The van der Waals surface area contributed by atoms with Gasteiger partial charge < -0.3 is 19.5 Å². The molecule has 2 bridgehead atoms. The van der Waals surface area contributed by atoms with E-state index in [2.05, 4.69) is 32.6 Å². The highest BCUT2D eigenvalue weighted by Crippen LogP contribution is 2.54. The first-order valence-corrected chi connectivity index (χ1v) is 14.8. The number of halogens is 2. The van der Waals surface area contributed by atoms with Crippen molar-refractivity contribution >= 4 is 61.5 Å². The van der Waals surface area contributed by atoms with Crippen molar-refractivity contribution in [1.82, 2.24) is 19.4 Å². The molecule has 1 aromatic carbocycles. The third-order valence-electron chi connectivity index (χ3n) is 8.52. The number of carbonyl (C=O) groups is 2. The van der Waals surface area contributed by atoms with Crippen molar-refractivity contribution in [2.45, 2.75) is 62.2 Å². The Morgan fingerprint density at radius 2 is 2.11 bits per heavy atom. The Bertz CT molecular complexity index is 1550. The van der Waals surface area contributed by atoms with Gasteiger partial charge in [0.2, 0.25) is 5.91 Å². The van der Waals surface area contributed by atoms with Gasteiger partial charge in [-0.05, 0) is 65.6 Å². The van der Waals surface area contributed by atoms with Crippen molar-refractivity contribution < 1.29 is 19.1 Å². The number of nitriles is 1. The number of aromatic nitrogens is 2. The van der Waals surface area contributed by atoms with Gasteiger partial charge in [0.25, 0.3) is 0 Å². The molecule has 2 aromatic heterocycles. The fourth-order valence-electron chi connectivity index (χ4n) is 6.85. The van der Waals surface area contributed by atoms with Gasteiger partial charge in [-0.15, -0.1) is 11.8 Å². The van der Waals surface area contributed by atoms with E-state index in [1.807, 2.05) is 17.2 Å². The number of rotatable bonds is 5. The molecule has 1 aliphatic carbocycles. The minimum Gasteiger partial charge on any atom is -0.465 e. The van der Waals surface area contributed by atoms with Crippen molar-refractivity contribution in [3.05, 3.63) is 33.7 Å². The van der Waals surface area contributed by atoms with Crippen LogP contribution in [-0.2, 0) is 11.2 Å². The van der Waals surface area contributed by atoms with E-state index in [0.717, 1.165) is 35.9 Å². The molecule has 4 fully saturated rings. The predicted molar refractivity (Wildman–Crippen MR) is 146 cm³/mol. The molecule has 3 saturated heterocycles. The van der Waals surface area contributed by atoms with Gasteiger partial charge in [0.1, 0.15) is 10.5 Å². The minimum absolute atomic E-state index is 0.00916. The lowest BCUT2D eigenvalue weighted by atomic mass is 9.79. The number of fused-ring (bicyclic) bond motifs is 4. The standard InChI is InChI=1S/C27H27BrFN5O3S/c1-13(35)32-8-4-6-18(32)19-11-17-25(34(19)24-15-10-20(24)33(12-15)27(36)37)16-9-14(5-3-7-30)21(28)22(29)23(16)31-26(17)38-2/h9,11,15,18,20,24H,3-6,8,10,12H2,1-2H3,(H,36,37)/t15-,18-,20-,24+/m1/s1. The molecule has 1 saturated carbocycles. The molecule has 0 radical (unpaired) electrons. The Kier molecular flexibility index (Phi) is 6.30. The third-order valence-corrected chi connectivity index (χ3v) is 10.1. The van der Waals surface area contributed by atoms with Crippen LogP contribution in [0.4, 0.5) is 9.18 Å². The second kappa shape index (κ2) is 9.42. The fraction of sp³-hybridized carbons (Fsp3) is 0.481. The Hall–Kier alpha value is -2.84. The molecule has 3 aromatic rings. The van der Waals surface area contributed by atoms with Crippen LogP contribution in [0.1, 0.15) is 55.9 Å². The van der Waals surface area contributed by atoms with Crippen LogP contribution in [0.25, 0.3) is 21.8 Å². The number of pyridine rings is 1. The van der Waals surface area contributed by atoms with Gasteiger partial charge in [-0.3, -0.25) is 4.79 Å². The molecule has 11 heteroatoms. The molecule has 0 spiro atoms. The molecular formula is C27H27BrFN5O3S. The fourth-order valence-corrected chi connectivity index (χ4v) is 7.91. The van der Waals surface area contributed by atoms with Crippen LogP contribution in [0.3, 0.4) is 0 Å². The van der Waals surface area contributed by atoms with Gasteiger partial charge in [-0.1, -0.05) is 0 Å². The van der Waals surface area contributed by atoms with E-state index in [1.54, 1.807) is 6.92 Å². The summed E-state index contributed by atoms with van der Waals surface area (Å²) >= 11 is 4.84. The molecule has 38 heavy (non-hydrogen) atoms. The Morgan fingerprint density at radius 3 is 2.76 bits per heavy atom. The molecule has 198 valence electrons. The monoisotopic (exact) mass is 599 g/mol. The number of hydrogen-bond donors (Lipinski definition) is 1. The zero-order valence-electron chi connectivity index (χ0n) is 21.1. The summed E-state index contributed by atoms with van der Waals surface area (Å²) in [6, 6.07) is 5.76. The number of nitrogens with zero attached hydrogens (tertiary/aromatic N) is 5. The second-order valence-electron chi connectivity index (χ2n) is 10.4. The number of amides is 2. The summed E-state index contributed by atoms with van der Waals surface area (Å²) in [5, 5.41) is 21.2. The summed E-state index contributed by atoms with van der Waals surface area (Å²) in [7, 11) is 0. The van der Waals surface area contributed by atoms with E-state index >= 15 is 4.39 Å². The number of likely N-dealkylation sites (tertiary alicyclic amines) is 1. The lowest BCUT2D eigenvalue weighted by Crippen LogP contribution is -2.43. The highest BCUT2D eigenvalue weighted by atomic mass is 79.9. The van der Waals surface area contributed by atoms with E-state index in [1.165, 1.54) is 16.7 Å². The highest BCUT2D eigenvalue weighted by molar-refractivity contribution is 9.10. The molecule has 8 nitrogen and oxygen atoms in total. The predicted octanol–water partition coefficient (Wildman–Crippen LogP) is 5.88. The number of benzene rings is 1. The molecule has 5 heterocycles. The molecule has 2 amide bonds. The molecule has 0 unspecified atom stereocenters. The first-order chi connectivity index (χ1) is 18.3. The average Bonchev–Trinajstić information content (AvgIpc) is 3.66. The van der Waals surface area contributed by atoms with Crippen LogP contribution in [0, 0.1) is 23.1 Å². The first kappa shape index (κ1) is 25.4. The number of hydrogen-bond acceptors (Lipinski definition) is 5. The lowest BCUT2D eigenvalue weighted by Gasteiger charge is -2.40. The SMILES string of the molecule is CSc1nc2c(F)c(Br)c(CCC#N)cc2c2c1cc([C@H]1CCCN1C(C)=O)n2[C@H]1[C@@H]2C[C@H]1N(C(=O)O)C2. The third kappa shape index (κ3) is 3.63. The van der Waals surface area contributed by atoms with Crippen LogP contribution in [0.2, 0.25) is 0 Å². The largest absolute Gasteiger partial charge is 0.465 e. The van der Waals surface area contributed by atoms with Gasteiger partial charge in [0, 0.05) is 48.8 Å². The highest BCUT2D eigenvalue weighted by Gasteiger charge is 2.56. The van der Waals surface area contributed by atoms with Crippen LogP contribution in [0.5, 0.6) is 0 Å². The van der Waals surface area contributed by atoms with E-state index in [0.29, 0.717) is 40.0 Å². The lowest BCUT2D eigenvalue weighted by molar-refractivity contribution is -0.129. The maximum Gasteiger partial charge on any atom is 0.407 e. The van der Waals surface area contributed by atoms with Crippen molar-refractivity contribution in [3.63, 3.8) is 0 Å². The van der Waals surface area contributed by atoms with Gasteiger partial charge in [-0.2, -0.15) is 5.26 Å². The summed E-state index contributed by atoms with van der Waals surface area (Å²) in [5.41, 5.74) is 2.74. The Labute approximate surface area is 231 Å². The number of carboxylic acid groups (broad SMARTS) is 1. The topological polar surface area (TPSA) is 102 Å². The van der Waals surface area contributed by atoms with E-state index < -0.39 is 11.9 Å². The maximum absolute atomic E-state index is 15.8. The van der Waals surface area contributed by atoms with Gasteiger partial charge in [0.05, 0.1) is 34.2 Å². The van der Waals surface area contributed by atoms with Crippen molar-refractivity contribution in [2.24, 2.45) is 5.92 Å². The molecule has 3 aliphatic heterocycles. The molecular weight excluding hydrogens is 573 g/mol. The summed E-state index contributed by atoms with van der Waals surface area (Å²) < 4.78 is 18.4. The molecule has 7 rings (SSSR count). The van der Waals surface area contributed by atoms with Crippen LogP contribution < -0.4 is 0 Å². The van der Waals surface area contributed by atoms with Gasteiger partial charge >= 0.3 is 6.09 Å². The van der Waals surface area contributed by atoms with Gasteiger partial charge in [-0.25, -0.2) is 14.2 Å². The van der Waals surface area contributed by atoms with Crippen molar-refractivity contribution in [1.29, 1.82) is 5.26 Å². The number of carbonyl (C=O) groups excluding carboxylic acids is 1. The number of thioether (sulfide) groups is 1. The van der Waals surface area contributed by atoms with Crippen LogP contribution in [0.15, 0.2) is 21.6 Å². The smallest absolute Gasteiger partial charge is 0.407 e. The summed E-state index contributed by atoms with van der Waals surface area (Å²) in [6.07, 6.45) is 4.14. The Morgan fingerprint density at radius 1 is 1.32 bits per heavy atom. The summed E-state index contributed by atoms with van der Waals surface area (Å²) in [4.78, 5) is 32.7. The zero-order chi connectivity index (χ0) is 26.9. The summed E-state index contributed by atoms with van der Waals surface area (Å²) in [5.74, 6) is -0.302. The zero-order valence-corrected chi connectivity index (χ0v) is 23.5. The molecule has 4 atom stereocenters. The second-order valence-corrected chi connectivity index (χ2v) is 12.0. The maximum atomic E-state index is 15.8. The quantitative estimate of drug-likeness (QED) is 0.368. The minimum atomic E-state index is -0.922. The van der Waals surface area contributed by atoms with Crippen molar-refractivity contribution in [3.8, 4) is 6.07 Å². The summed E-state index contributed by atoms with van der Waals surface area (Å²) in [6.45, 7) is 2.73. The first-order valence-electron chi connectivity index (χ1n) is 12.8. The average molecular weight is 601 g/mol. The van der Waals surface area contributed by atoms with E-state index in [-0.39, 0.29) is 41.9 Å². The van der Waals surface area contributed by atoms with Crippen molar-refractivity contribution in [2.75, 3.05) is 19.3 Å². The van der Waals surface area contributed by atoms with E-state index in [4.69, 9.17) is 10.2 Å². The Balaban J connectivity index is 1.68. The van der Waals surface area contributed by atoms with Gasteiger partial charge in [0.15, 0.2) is 5.82 Å². The van der Waals surface area contributed by atoms with E-state index in [9.17, 15) is 14.7 Å². The molecule has 4 aliphatic rings. The number of aryl methyl sites for hydroxylation is 1. The molecule has 1 N–H and O–H groups in total. The van der Waals surface area contributed by atoms with Crippen LogP contribution in [-0.4, -0.2) is 61.8 Å². The van der Waals surface area contributed by atoms with Crippen LogP contribution >= 0.6 is 27.7 Å².